The molecule has 17 heavy (non-hydrogen) atoms. The Hall–Kier alpha value is -1.44. The lowest BCUT2D eigenvalue weighted by Crippen LogP contribution is -2.32. The van der Waals surface area contributed by atoms with Gasteiger partial charge in [0.15, 0.2) is 6.23 Å². The molecular weight excluding hydrogens is 226 g/mol. The molecule has 1 fully saturated rings. The van der Waals surface area contributed by atoms with Crippen molar-refractivity contribution in [1.82, 2.24) is 9.55 Å². The van der Waals surface area contributed by atoms with Crippen molar-refractivity contribution in [3.63, 3.8) is 0 Å². The van der Waals surface area contributed by atoms with E-state index in [9.17, 15) is 9.90 Å². The number of aliphatic hydroxyl groups is 2. The fourth-order valence-corrected chi connectivity index (χ4v) is 1.86. The van der Waals surface area contributed by atoms with Crippen molar-refractivity contribution in [1.29, 1.82) is 0 Å². The first-order chi connectivity index (χ1) is 8.02. The van der Waals surface area contributed by atoms with Crippen LogP contribution in [0.2, 0.25) is 0 Å². The summed E-state index contributed by atoms with van der Waals surface area (Å²) in [6.07, 6.45) is -0.323. The molecule has 1 aromatic heterocycles. The van der Waals surface area contributed by atoms with Crippen LogP contribution in [-0.2, 0) is 4.74 Å². The first-order valence-corrected chi connectivity index (χ1v) is 5.32. The van der Waals surface area contributed by atoms with E-state index < -0.39 is 24.1 Å². The van der Waals surface area contributed by atoms with Gasteiger partial charge >= 0.3 is 5.69 Å². The minimum absolute atomic E-state index is 0.164. The number of rotatable bonds is 2. The number of aryl methyl sites for hydroxylation is 1. The summed E-state index contributed by atoms with van der Waals surface area (Å²) in [5.74, 6) is 0.164. The highest BCUT2D eigenvalue weighted by Gasteiger charge is 2.35. The summed E-state index contributed by atoms with van der Waals surface area (Å²) in [5.41, 5.74) is 5.57. The third kappa shape index (κ3) is 2.17. The van der Waals surface area contributed by atoms with Gasteiger partial charge < -0.3 is 20.7 Å². The van der Waals surface area contributed by atoms with Crippen molar-refractivity contribution in [2.75, 3.05) is 12.3 Å². The minimum Gasteiger partial charge on any atom is -0.394 e. The van der Waals surface area contributed by atoms with Gasteiger partial charge in [-0.05, 0) is 6.92 Å². The molecule has 0 amide bonds. The summed E-state index contributed by atoms with van der Waals surface area (Å²) in [6, 6.07) is 0. The van der Waals surface area contributed by atoms with E-state index in [-0.39, 0.29) is 18.8 Å². The predicted octanol–water partition coefficient (Wildman–Crippen LogP) is -1.23. The summed E-state index contributed by atoms with van der Waals surface area (Å²) >= 11 is 0. The summed E-state index contributed by atoms with van der Waals surface area (Å²) in [7, 11) is 0. The zero-order chi connectivity index (χ0) is 12.6. The number of anilines is 1. The fraction of sp³-hybridized carbons (Fsp3) is 0.600. The van der Waals surface area contributed by atoms with Crippen molar-refractivity contribution in [2.24, 2.45) is 0 Å². The second kappa shape index (κ2) is 4.44. The van der Waals surface area contributed by atoms with Gasteiger partial charge in [0, 0.05) is 18.2 Å². The summed E-state index contributed by atoms with van der Waals surface area (Å²) in [4.78, 5) is 15.3. The van der Waals surface area contributed by atoms with E-state index >= 15 is 0 Å². The number of ether oxygens (including phenoxy) is 1. The summed E-state index contributed by atoms with van der Waals surface area (Å²) < 4.78 is 6.57. The summed E-state index contributed by atoms with van der Waals surface area (Å²) in [5, 5.41) is 18.7. The lowest BCUT2D eigenvalue weighted by Gasteiger charge is -2.17. The molecule has 94 valence electrons. The average molecular weight is 241 g/mol. The third-order valence-corrected chi connectivity index (χ3v) is 2.82. The maximum absolute atomic E-state index is 11.6. The Labute approximate surface area is 97.5 Å². The van der Waals surface area contributed by atoms with E-state index in [1.165, 1.54) is 10.8 Å². The van der Waals surface area contributed by atoms with E-state index in [1.54, 1.807) is 6.92 Å². The highest BCUT2D eigenvalue weighted by atomic mass is 16.5. The van der Waals surface area contributed by atoms with Crippen LogP contribution in [0.4, 0.5) is 5.82 Å². The molecule has 3 atom stereocenters. The van der Waals surface area contributed by atoms with E-state index in [0.29, 0.717) is 5.56 Å². The molecule has 2 heterocycles. The van der Waals surface area contributed by atoms with Gasteiger partial charge in [-0.1, -0.05) is 0 Å². The Bertz CT molecular complexity index is 473. The van der Waals surface area contributed by atoms with Crippen LogP contribution in [0.5, 0.6) is 0 Å². The third-order valence-electron chi connectivity index (χ3n) is 2.82. The van der Waals surface area contributed by atoms with Crippen LogP contribution in [-0.4, -0.2) is 38.6 Å². The molecule has 7 heteroatoms. The molecule has 7 nitrogen and oxygen atoms in total. The van der Waals surface area contributed by atoms with E-state index in [2.05, 4.69) is 4.98 Å². The molecule has 1 saturated heterocycles. The number of nitrogens with zero attached hydrogens (tertiary/aromatic N) is 2. The monoisotopic (exact) mass is 241 g/mol. The van der Waals surface area contributed by atoms with Gasteiger partial charge in [-0.2, -0.15) is 4.98 Å². The number of hydrogen-bond donors (Lipinski definition) is 3. The average Bonchev–Trinajstić information content (AvgIpc) is 2.65. The minimum atomic E-state index is -0.838. The number of aromatic nitrogens is 2. The zero-order valence-corrected chi connectivity index (χ0v) is 9.41. The van der Waals surface area contributed by atoms with Gasteiger partial charge in [-0.25, -0.2) is 4.79 Å². The maximum Gasteiger partial charge on any atom is 0.351 e. The Morgan fingerprint density at radius 3 is 3.00 bits per heavy atom. The molecule has 1 aliphatic heterocycles. The fourth-order valence-electron chi connectivity index (χ4n) is 1.86. The molecule has 0 aromatic carbocycles. The molecule has 1 aromatic rings. The lowest BCUT2D eigenvalue weighted by molar-refractivity contribution is -0.0530. The predicted molar refractivity (Wildman–Crippen MR) is 59.3 cm³/mol. The quantitative estimate of drug-likeness (QED) is 0.598. The second-order valence-electron chi connectivity index (χ2n) is 4.13. The van der Waals surface area contributed by atoms with Gasteiger partial charge in [-0.3, -0.25) is 4.57 Å². The van der Waals surface area contributed by atoms with Crippen molar-refractivity contribution in [3.8, 4) is 0 Å². The van der Waals surface area contributed by atoms with Crippen molar-refractivity contribution >= 4 is 5.82 Å². The van der Waals surface area contributed by atoms with E-state index in [4.69, 9.17) is 15.6 Å². The largest absolute Gasteiger partial charge is 0.394 e. The molecule has 0 radical (unpaired) electrons. The van der Waals surface area contributed by atoms with Crippen molar-refractivity contribution in [2.45, 2.75) is 31.8 Å². The maximum atomic E-state index is 11.6. The van der Waals surface area contributed by atoms with Crippen LogP contribution in [0.1, 0.15) is 18.2 Å². The molecule has 0 aliphatic carbocycles. The molecule has 0 spiro atoms. The van der Waals surface area contributed by atoms with Gasteiger partial charge in [-0.15, -0.1) is 0 Å². The Kier molecular flexibility index (Phi) is 3.14. The molecule has 0 bridgehead atoms. The Morgan fingerprint density at radius 1 is 1.71 bits per heavy atom. The van der Waals surface area contributed by atoms with Crippen LogP contribution < -0.4 is 11.4 Å². The van der Waals surface area contributed by atoms with Crippen LogP contribution in [0.25, 0.3) is 0 Å². The molecule has 4 N–H and O–H groups in total. The van der Waals surface area contributed by atoms with Gasteiger partial charge in [0.25, 0.3) is 0 Å². The highest BCUT2D eigenvalue weighted by Crippen LogP contribution is 2.27. The van der Waals surface area contributed by atoms with Crippen molar-refractivity contribution in [3.05, 3.63) is 22.2 Å². The number of nitrogen functional groups attached to an aromatic ring is 1. The normalized spacial score (nSPS) is 28.5. The van der Waals surface area contributed by atoms with Crippen LogP contribution in [0.3, 0.4) is 0 Å². The molecule has 2 rings (SSSR count). The van der Waals surface area contributed by atoms with E-state index in [0.717, 1.165) is 0 Å². The highest BCUT2D eigenvalue weighted by molar-refractivity contribution is 5.35. The van der Waals surface area contributed by atoms with Crippen LogP contribution >= 0.6 is 0 Å². The Morgan fingerprint density at radius 2 is 2.41 bits per heavy atom. The van der Waals surface area contributed by atoms with Crippen LogP contribution in [0.15, 0.2) is 11.0 Å². The molecular formula is C10H15N3O4. The topological polar surface area (TPSA) is 111 Å². The first-order valence-electron chi connectivity index (χ1n) is 5.32. The van der Waals surface area contributed by atoms with Gasteiger partial charge in [0.05, 0.1) is 12.7 Å². The first kappa shape index (κ1) is 12.0. The van der Waals surface area contributed by atoms with Gasteiger partial charge in [0.2, 0.25) is 0 Å². The summed E-state index contributed by atoms with van der Waals surface area (Å²) in [6.45, 7) is 1.52. The molecule has 1 unspecified atom stereocenters. The Balaban J connectivity index is 2.35. The number of aliphatic hydroxyl groups excluding tert-OH is 2. The van der Waals surface area contributed by atoms with Crippen LogP contribution in [0, 0.1) is 6.92 Å². The SMILES string of the molecule is Cc1cn([C@@H]2O[C@H](CO)CC2O)c(=O)nc1N. The molecule has 0 saturated carbocycles. The second-order valence-corrected chi connectivity index (χ2v) is 4.13. The smallest absolute Gasteiger partial charge is 0.351 e. The number of hydrogen-bond acceptors (Lipinski definition) is 6. The molecule has 1 aliphatic rings. The van der Waals surface area contributed by atoms with E-state index in [1.807, 2.05) is 0 Å². The standard InChI is InChI=1S/C10H15N3O4/c1-5-3-13(10(16)12-8(5)11)9-7(15)2-6(4-14)17-9/h3,6-7,9,14-15H,2,4H2,1H3,(H2,11,12,16)/t6-,7?,9+/m0/s1. The van der Waals surface area contributed by atoms with Crippen molar-refractivity contribution < 1.29 is 14.9 Å². The van der Waals surface area contributed by atoms with Gasteiger partial charge in [0.1, 0.15) is 11.9 Å². The zero-order valence-electron chi connectivity index (χ0n) is 9.41. The lowest BCUT2D eigenvalue weighted by atomic mass is 10.2. The number of nitrogens with two attached hydrogens (primary N) is 1.